The molecule has 0 aliphatic carbocycles. The maximum atomic E-state index is 12.4. The molecule has 5 rings (SSSR count). The van der Waals surface area contributed by atoms with Crippen molar-refractivity contribution in [1.82, 2.24) is 20.2 Å². The van der Waals surface area contributed by atoms with Crippen molar-refractivity contribution in [3.63, 3.8) is 0 Å². The second-order valence-electron chi connectivity index (χ2n) is 8.01. The number of hydrogen-bond acceptors (Lipinski definition) is 6. The number of carbonyl (C=O) groups is 1. The Hall–Kier alpha value is -1.83. The Morgan fingerprint density at radius 2 is 2.30 bits per heavy atom. The Balaban J connectivity index is 1.24. The molecule has 4 atom stereocenters. The molecule has 2 bridgehead atoms. The van der Waals surface area contributed by atoms with Gasteiger partial charge < -0.3 is 10.1 Å². The molecule has 1 amide bonds. The van der Waals surface area contributed by atoms with Crippen LogP contribution >= 0.6 is 11.3 Å². The van der Waals surface area contributed by atoms with E-state index in [1.54, 1.807) is 12.4 Å². The highest BCUT2D eigenvalue weighted by atomic mass is 32.1. The Morgan fingerprint density at radius 3 is 3.07 bits per heavy atom. The number of aromatic nitrogens is 2. The lowest BCUT2D eigenvalue weighted by molar-refractivity contribution is 0.00219. The molecular weight excluding hydrogens is 360 g/mol. The van der Waals surface area contributed by atoms with Gasteiger partial charge in [0.15, 0.2) is 0 Å². The molecule has 0 saturated carbocycles. The lowest BCUT2D eigenvalue weighted by atomic mass is 9.73. The number of aryl methyl sites for hydroxylation is 1. The minimum absolute atomic E-state index is 0.00426. The highest BCUT2D eigenvalue weighted by Gasteiger charge is 2.62. The van der Waals surface area contributed by atoms with Gasteiger partial charge in [-0.05, 0) is 31.2 Å². The summed E-state index contributed by atoms with van der Waals surface area (Å²) in [5.74, 6) is 1.47. The van der Waals surface area contributed by atoms with Gasteiger partial charge in [-0.2, -0.15) is 0 Å². The van der Waals surface area contributed by atoms with Crippen LogP contribution in [0.4, 0.5) is 0 Å². The van der Waals surface area contributed by atoms with Gasteiger partial charge in [0.25, 0.3) is 5.91 Å². The second-order valence-corrected chi connectivity index (χ2v) is 9.04. The third kappa shape index (κ3) is 3.07. The molecule has 0 aromatic carbocycles. The smallest absolute Gasteiger partial charge is 0.254 e. The van der Waals surface area contributed by atoms with Crippen molar-refractivity contribution >= 4 is 17.2 Å². The summed E-state index contributed by atoms with van der Waals surface area (Å²) < 4.78 is 6.49. The maximum Gasteiger partial charge on any atom is 0.254 e. The number of ether oxygens (including phenoxy) is 1. The fourth-order valence-electron chi connectivity index (χ4n) is 5.13. The van der Waals surface area contributed by atoms with Crippen LogP contribution in [0.25, 0.3) is 0 Å². The zero-order valence-electron chi connectivity index (χ0n) is 15.4. The number of nitrogens with one attached hydrogen (secondary N) is 1. The first-order chi connectivity index (χ1) is 13.1. The van der Waals surface area contributed by atoms with Gasteiger partial charge in [0, 0.05) is 55.3 Å². The fraction of sp³-hybridized carbons (Fsp3) is 0.550. The van der Waals surface area contributed by atoms with Crippen LogP contribution in [0.5, 0.6) is 0 Å². The highest BCUT2D eigenvalue weighted by molar-refractivity contribution is 7.09. The van der Waals surface area contributed by atoms with E-state index in [4.69, 9.17) is 4.74 Å². The molecular formula is C20H24N4O2S. The van der Waals surface area contributed by atoms with Crippen molar-refractivity contribution < 1.29 is 9.53 Å². The lowest BCUT2D eigenvalue weighted by Gasteiger charge is -2.29. The topological polar surface area (TPSA) is 67.4 Å². The minimum atomic E-state index is -0.0970. The largest absolute Gasteiger partial charge is 0.370 e. The zero-order valence-corrected chi connectivity index (χ0v) is 16.2. The Labute approximate surface area is 163 Å². The van der Waals surface area contributed by atoms with Crippen molar-refractivity contribution in [2.24, 2.45) is 11.8 Å². The summed E-state index contributed by atoms with van der Waals surface area (Å²) in [7, 11) is 0. The average molecular weight is 385 g/mol. The molecule has 0 radical (unpaired) electrons. The van der Waals surface area contributed by atoms with E-state index in [1.165, 1.54) is 4.88 Å². The maximum absolute atomic E-state index is 12.4. The van der Waals surface area contributed by atoms with Crippen molar-refractivity contribution in [2.75, 3.05) is 19.6 Å². The normalized spacial score (nSPS) is 32.0. The molecule has 3 saturated heterocycles. The number of nitrogens with zero attached hydrogens (tertiary/aromatic N) is 3. The van der Waals surface area contributed by atoms with Crippen molar-refractivity contribution in [3.05, 3.63) is 46.2 Å². The molecule has 2 aromatic heterocycles. The lowest BCUT2D eigenvalue weighted by Crippen LogP contribution is -2.41. The number of amides is 1. The molecule has 3 aliphatic rings. The van der Waals surface area contributed by atoms with Gasteiger partial charge in [-0.1, -0.05) is 6.07 Å². The minimum Gasteiger partial charge on any atom is -0.370 e. The van der Waals surface area contributed by atoms with Gasteiger partial charge in [-0.15, -0.1) is 11.3 Å². The Kier molecular flexibility index (Phi) is 4.26. The highest BCUT2D eigenvalue weighted by Crippen LogP contribution is 2.54. The number of thiophene rings is 1. The monoisotopic (exact) mass is 384 g/mol. The molecule has 3 aliphatic heterocycles. The van der Waals surface area contributed by atoms with Gasteiger partial charge in [0.1, 0.15) is 5.82 Å². The number of fused-ring (bicyclic) bond motifs is 1. The third-order valence-corrected chi connectivity index (χ3v) is 7.22. The molecule has 27 heavy (non-hydrogen) atoms. The predicted molar refractivity (Wildman–Crippen MR) is 103 cm³/mol. The third-order valence-electron chi connectivity index (χ3n) is 6.36. The summed E-state index contributed by atoms with van der Waals surface area (Å²) in [4.78, 5) is 24.6. The summed E-state index contributed by atoms with van der Waals surface area (Å²) >= 11 is 1.82. The first-order valence-corrected chi connectivity index (χ1v) is 10.5. The molecule has 0 unspecified atom stereocenters. The Bertz CT molecular complexity index is 825. The summed E-state index contributed by atoms with van der Waals surface area (Å²) in [6.45, 7) is 5.56. The van der Waals surface area contributed by atoms with Crippen molar-refractivity contribution in [3.8, 4) is 0 Å². The molecule has 6 nitrogen and oxygen atoms in total. The predicted octanol–water partition coefficient (Wildman–Crippen LogP) is 2.26. The van der Waals surface area contributed by atoms with E-state index in [9.17, 15) is 4.79 Å². The van der Waals surface area contributed by atoms with Gasteiger partial charge in [-0.3, -0.25) is 9.69 Å². The number of rotatable bonds is 5. The number of carbonyl (C=O) groups excluding carboxylic acids is 1. The van der Waals surface area contributed by atoms with Gasteiger partial charge >= 0.3 is 0 Å². The van der Waals surface area contributed by atoms with E-state index < -0.39 is 0 Å². The molecule has 5 heterocycles. The standard InChI is InChI=1S/C20H24N4O2S/c1-13-21-7-14(8-22-13)19(25)23-9-16-17-11-24(10-15-3-2-6-27-15)12-20(17)5-4-18(16)26-20/h2-3,6-8,16-18H,4-5,9-12H2,1H3,(H,23,25)/t16-,17+,18+,20+/m0/s1. The number of hydrogen-bond donors (Lipinski definition) is 1. The first-order valence-electron chi connectivity index (χ1n) is 9.62. The van der Waals surface area contributed by atoms with Crippen LogP contribution in [0.1, 0.15) is 33.9 Å². The summed E-state index contributed by atoms with van der Waals surface area (Å²) in [5.41, 5.74) is 0.523. The van der Waals surface area contributed by atoms with Crippen LogP contribution in [0.2, 0.25) is 0 Å². The van der Waals surface area contributed by atoms with E-state index in [0.717, 1.165) is 32.5 Å². The SMILES string of the molecule is Cc1ncc(C(=O)NC[C@H]2[C@H]3CN(Cc4cccs4)C[C@]34CC[C@H]2O4)cn1. The quantitative estimate of drug-likeness (QED) is 0.856. The van der Waals surface area contributed by atoms with Crippen LogP contribution in [-0.4, -0.2) is 52.1 Å². The molecule has 2 aromatic rings. The van der Waals surface area contributed by atoms with Crippen LogP contribution < -0.4 is 5.32 Å². The molecule has 1 spiro atoms. The van der Waals surface area contributed by atoms with Gasteiger partial charge in [-0.25, -0.2) is 9.97 Å². The van der Waals surface area contributed by atoms with Crippen LogP contribution in [0.3, 0.4) is 0 Å². The Morgan fingerprint density at radius 1 is 1.44 bits per heavy atom. The van der Waals surface area contributed by atoms with Crippen LogP contribution in [0.15, 0.2) is 29.9 Å². The van der Waals surface area contributed by atoms with Gasteiger partial charge in [0.05, 0.1) is 17.3 Å². The first kappa shape index (κ1) is 17.3. The molecule has 1 N–H and O–H groups in total. The van der Waals surface area contributed by atoms with E-state index >= 15 is 0 Å². The summed E-state index contributed by atoms with van der Waals surface area (Å²) in [6.07, 6.45) is 5.73. The van der Waals surface area contributed by atoms with Crippen molar-refractivity contribution in [2.45, 2.75) is 38.0 Å². The molecule has 3 fully saturated rings. The van der Waals surface area contributed by atoms with E-state index in [-0.39, 0.29) is 17.6 Å². The fourth-order valence-corrected chi connectivity index (χ4v) is 5.87. The van der Waals surface area contributed by atoms with Crippen LogP contribution in [-0.2, 0) is 11.3 Å². The average Bonchev–Trinajstić information content (AvgIpc) is 3.42. The summed E-state index contributed by atoms with van der Waals surface area (Å²) in [6, 6.07) is 4.32. The summed E-state index contributed by atoms with van der Waals surface area (Å²) in [5, 5.41) is 5.24. The van der Waals surface area contributed by atoms with Crippen LogP contribution in [0, 0.1) is 18.8 Å². The van der Waals surface area contributed by atoms with E-state index in [2.05, 4.69) is 37.7 Å². The van der Waals surface area contributed by atoms with E-state index in [0.29, 0.717) is 29.8 Å². The zero-order chi connectivity index (χ0) is 18.4. The molecule has 7 heteroatoms. The van der Waals surface area contributed by atoms with E-state index in [1.807, 2.05) is 18.3 Å². The number of likely N-dealkylation sites (tertiary alicyclic amines) is 1. The second kappa shape index (κ2) is 6.65. The van der Waals surface area contributed by atoms with Gasteiger partial charge in [0.2, 0.25) is 0 Å². The molecule has 142 valence electrons. The van der Waals surface area contributed by atoms with Crippen molar-refractivity contribution in [1.29, 1.82) is 0 Å².